The van der Waals surface area contributed by atoms with Crippen LogP contribution in [0.1, 0.15) is 61.9 Å². The Labute approximate surface area is 128 Å². The number of hydrogen-bond acceptors (Lipinski definition) is 3. The number of nitrogens with two attached hydrogens (primary N) is 1. The average molecular weight is 295 g/mol. The summed E-state index contributed by atoms with van der Waals surface area (Å²) in [6.07, 6.45) is 8.12. The van der Waals surface area contributed by atoms with Crippen molar-refractivity contribution in [3.05, 3.63) is 21.9 Å². The second kappa shape index (κ2) is 7.58. The van der Waals surface area contributed by atoms with Gasteiger partial charge in [-0.2, -0.15) is 0 Å². The molecule has 2 nitrogen and oxygen atoms in total. The van der Waals surface area contributed by atoms with Crippen molar-refractivity contribution in [2.45, 2.75) is 64.5 Å². The van der Waals surface area contributed by atoms with Crippen LogP contribution in [-0.2, 0) is 0 Å². The first kappa shape index (κ1) is 16.0. The van der Waals surface area contributed by atoms with Crippen LogP contribution in [-0.4, -0.2) is 24.5 Å². The Bertz CT molecular complexity index is 395. The number of likely N-dealkylation sites (N-methyl/N-ethyl adjacent to an activating group) is 1. The Morgan fingerprint density at radius 2 is 2.05 bits per heavy atom. The van der Waals surface area contributed by atoms with Crippen molar-refractivity contribution >= 4 is 11.3 Å². The van der Waals surface area contributed by atoms with E-state index in [0.29, 0.717) is 6.04 Å². The molecule has 20 heavy (non-hydrogen) atoms. The Morgan fingerprint density at radius 3 is 2.60 bits per heavy atom. The molecule has 1 fully saturated rings. The quantitative estimate of drug-likeness (QED) is 0.845. The molecule has 2 N–H and O–H groups in total. The summed E-state index contributed by atoms with van der Waals surface area (Å²) < 4.78 is 0. The number of thiophene rings is 1. The van der Waals surface area contributed by atoms with Gasteiger partial charge in [-0.3, -0.25) is 4.90 Å². The van der Waals surface area contributed by atoms with E-state index in [-0.39, 0.29) is 6.04 Å². The maximum absolute atomic E-state index is 6.45. The lowest BCUT2D eigenvalue weighted by Gasteiger charge is -2.35. The predicted molar refractivity (Wildman–Crippen MR) is 89.3 cm³/mol. The van der Waals surface area contributed by atoms with Gasteiger partial charge in [0, 0.05) is 17.5 Å². The molecular weight excluding hydrogens is 264 g/mol. The molecule has 1 aliphatic rings. The van der Waals surface area contributed by atoms with Gasteiger partial charge in [-0.05, 0) is 56.2 Å². The van der Waals surface area contributed by atoms with Crippen molar-refractivity contribution < 1.29 is 0 Å². The van der Waals surface area contributed by atoms with Crippen LogP contribution in [0.2, 0.25) is 0 Å². The monoisotopic (exact) mass is 294 g/mol. The Morgan fingerprint density at radius 1 is 1.35 bits per heavy atom. The molecule has 114 valence electrons. The summed E-state index contributed by atoms with van der Waals surface area (Å²) in [5, 5.41) is 2.20. The fourth-order valence-electron chi connectivity index (χ4n) is 3.52. The molecule has 1 aromatic heterocycles. The summed E-state index contributed by atoms with van der Waals surface area (Å²) in [5.74, 6) is 0.876. The number of nitrogens with zero attached hydrogens (tertiary/aromatic N) is 1. The Balaban J connectivity index is 2.07. The highest BCUT2D eigenvalue weighted by molar-refractivity contribution is 7.10. The summed E-state index contributed by atoms with van der Waals surface area (Å²) in [7, 11) is 2.27. The molecular formula is C17H30N2S. The first-order valence-electron chi connectivity index (χ1n) is 8.13. The first-order valence-corrected chi connectivity index (χ1v) is 9.01. The number of hydrogen-bond donors (Lipinski definition) is 1. The lowest BCUT2D eigenvalue weighted by Crippen LogP contribution is -2.41. The second-order valence-corrected chi connectivity index (χ2v) is 7.38. The van der Waals surface area contributed by atoms with Crippen LogP contribution in [0.5, 0.6) is 0 Å². The summed E-state index contributed by atoms with van der Waals surface area (Å²) >= 11 is 1.87. The van der Waals surface area contributed by atoms with Crippen LogP contribution < -0.4 is 5.73 Å². The van der Waals surface area contributed by atoms with E-state index in [9.17, 15) is 0 Å². The van der Waals surface area contributed by atoms with Crippen LogP contribution in [0.3, 0.4) is 0 Å². The first-order chi connectivity index (χ1) is 9.63. The maximum Gasteiger partial charge on any atom is 0.0593 e. The molecule has 0 saturated heterocycles. The Kier molecular flexibility index (Phi) is 6.06. The molecule has 0 spiro atoms. The average Bonchev–Trinajstić information content (AvgIpc) is 2.86. The van der Waals surface area contributed by atoms with Crippen LogP contribution >= 0.6 is 11.3 Å². The Hall–Kier alpha value is -0.380. The molecule has 2 unspecified atom stereocenters. The van der Waals surface area contributed by atoms with Gasteiger partial charge in [-0.15, -0.1) is 11.3 Å². The summed E-state index contributed by atoms with van der Waals surface area (Å²) in [6.45, 7) is 5.63. The van der Waals surface area contributed by atoms with Crippen molar-refractivity contribution in [3.63, 3.8) is 0 Å². The van der Waals surface area contributed by atoms with E-state index in [4.69, 9.17) is 5.73 Å². The van der Waals surface area contributed by atoms with Crippen molar-refractivity contribution in [2.24, 2.45) is 11.7 Å². The van der Waals surface area contributed by atoms with Crippen molar-refractivity contribution in [2.75, 3.05) is 13.6 Å². The topological polar surface area (TPSA) is 29.3 Å². The molecule has 1 aliphatic carbocycles. The molecule has 0 bridgehead atoms. The zero-order chi connectivity index (χ0) is 14.5. The van der Waals surface area contributed by atoms with E-state index in [2.05, 4.69) is 37.2 Å². The summed E-state index contributed by atoms with van der Waals surface area (Å²) in [6, 6.07) is 2.85. The van der Waals surface area contributed by atoms with Gasteiger partial charge in [-0.25, -0.2) is 0 Å². The van der Waals surface area contributed by atoms with E-state index in [0.717, 1.165) is 12.3 Å². The fraction of sp³-hybridized carbons (Fsp3) is 0.765. The van der Waals surface area contributed by atoms with Gasteiger partial charge in [0.05, 0.1) is 6.04 Å². The van der Waals surface area contributed by atoms with Crippen LogP contribution in [0.15, 0.2) is 11.4 Å². The number of rotatable bonds is 6. The molecule has 1 aromatic rings. The van der Waals surface area contributed by atoms with E-state index >= 15 is 0 Å². The van der Waals surface area contributed by atoms with Gasteiger partial charge in [0.1, 0.15) is 0 Å². The highest BCUT2D eigenvalue weighted by Crippen LogP contribution is 2.33. The van der Waals surface area contributed by atoms with Gasteiger partial charge in [0.15, 0.2) is 0 Å². The van der Waals surface area contributed by atoms with E-state index in [1.807, 2.05) is 11.3 Å². The van der Waals surface area contributed by atoms with Gasteiger partial charge in [0.25, 0.3) is 0 Å². The van der Waals surface area contributed by atoms with Gasteiger partial charge >= 0.3 is 0 Å². The largest absolute Gasteiger partial charge is 0.326 e. The molecule has 3 heteroatoms. The van der Waals surface area contributed by atoms with Crippen LogP contribution in [0, 0.1) is 12.8 Å². The van der Waals surface area contributed by atoms with Crippen LogP contribution in [0.25, 0.3) is 0 Å². The minimum Gasteiger partial charge on any atom is -0.326 e. The zero-order valence-electron chi connectivity index (χ0n) is 13.3. The lowest BCUT2D eigenvalue weighted by atomic mass is 9.88. The molecule has 1 saturated carbocycles. The molecule has 2 atom stereocenters. The molecule has 0 aliphatic heterocycles. The standard InChI is InChI=1S/C17H30N2S/c1-4-15(18)16(17-13(2)10-11-20-17)19(3)12-14-8-6-5-7-9-14/h10-11,14-16H,4-9,12,18H2,1-3H3. The molecule has 0 radical (unpaired) electrons. The molecule has 0 amide bonds. The summed E-state index contributed by atoms with van der Waals surface area (Å²) in [4.78, 5) is 4.00. The third-order valence-electron chi connectivity index (χ3n) is 4.79. The van der Waals surface area contributed by atoms with Crippen molar-refractivity contribution in [1.29, 1.82) is 0 Å². The predicted octanol–water partition coefficient (Wildman–Crippen LogP) is 4.35. The van der Waals surface area contributed by atoms with Gasteiger partial charge in [0.2, 0.25) is 0 Å². The highest BCUT2D eigenvalue weighted by Gasteiger charge is 2.27. The van der Waals surface area contributed by atoms with E-state index in [1.165, 1.54) is 49.1 Å². The minimum absolute atomic E-state index is 0.237. The smallest absolute Gasteiger partial charge is 0.0593 e. The molecule has 1 heterocycles. The minimum atomic E-state index is 0.237. The second-order valence-electron chi connectivity index (χ2n) is 6.43. The molecule has 0 aromatic carbocycles. The van der Waals surface area contributed by atoms with E-state index in [1.54, 1.807) is 0 Å². The van der Waals surface area contributed by atoms with Crippen molar-refractivity contribution in [3.8, 4) is 0 Å². The van der Waals surface area contributed by atoms with Gasteiger partial charge < -0.3 is 5.73 Å². The SMILES string of the molecule is CCC(N)C(c1sccc1C)N(C)CC1CCCCC1. The third kappa shape index (κ3) is 3.84. The van der Waals surface area contributed by atoms with Gasteiger partial charge in [-0.1, -0.05) is 26.2 Å². The third-order valence-corrected chi connectivity index (χ3v) is 5.88. The molecule has 2 rings (SSSR count). The normalized spacial score (nSPS) is 20.2. The zero-order valence-corrected chi connectivity index (χ0v) is 14.1. The fourth-order valence-corrected chi connectivity index (χ4v) is 4.69. The van der Waals surface area contributed by atoms with Crippen LogP contribution in [0.4, 0.5) is 0 Å². The highest BCUT2D eigenvalue weighted by atomic mass is 32.1. The number of aryl methyl sites for hydroxylation is 1. The lowest BCUT2D eigenvalue weighted by molar-refractivity contribution is 0.163. The van der Waals surface area contributed by atoms with Crippen molar-refractivity contribution in [1.82, 2.24) is 4.90 Å². The summed E-state index contributed by atoms with van der Waals surface area (Å²) in [5.41, 5.74) is 7.85. The maximum atomic E-state index is 6.45. The van der Waals surface area contributed by atoms with E-state index < -0.39 is 0 Å².